The van der Waals surface area contributed by atoms with Crippen LogP contribution in [0.4, 0.5) is 5.00 Å². The van der Waals surface area contributed by atoms with Gasteiger partial charge in [-0.25, -0.2) is 4.79 Å². The molecule has 8 heteroatoms. The molecule has 1 amide bonds. The second-order valence-electron chi connectivity index (χ2n) is 6.78. The van der Waals surface area contributed by atoms with Crippen molar-refractivity contribution in [2.75, 3.05) is 11.9 Å². The lowest BCUT2D eigenvalue weighted by Crippen LogP contribution is -2.14. The SMILES string of the molecule is CCOC(=O)c1c(-c2ccc(C)cc2)csc1NC(=O)c1sc2cc(Cl)ccc2c1Cl. The van der Waals surface area contributed by atoms with E-state index in [0.29, 0.717) is 31.1 Å². The second kappa shape index (κ2) is 9.01. The van der Waals surface area contributed by atoms with Crippen molar-refractivity contribution in [1.29, 1.82) is 0 Å². The van der Waals surface area contributed by atoms with Crippen LogP contribution in [0.5, 0.6) is 0 Å². The van der Waals surface area contributed by atoms with E-state index >= 15 is 0 Å². The van der Waals surface area contributed by atoms with E-state index in [4.69, 9.17) is 27.9 Å². The first-order valence-corrected chi connectivity index (χ1v) is 11.9. The van der Waals surface area contributed by atoms with E-state index < -0.39 is 5.97 Å². The van der Waals surface area contributed by atoms with Crippen LogP contribution in [0.25, 0.3) is 21.2 Å². The zero-order chi connectivity index (χ0) is 22.1. The third-order valence-corrected chi connectivity index (χ3v) is 7.44. The zero-order valence-electron chi connectivity index (χ0n) is 16.6. The maximum atomic E-state index is 13.0. The second-order valence-corrected chi connectivity index (χ2v) is 9.53. The monoisotopic (exact) mass is 489 g/mol. The highest BCUT2D eigenvalue weighted by Crippen LogP contribution is 2.39. The molecule has 0 aliphatic rings. The zero-order valence-corrected chi connectivity index (χ0v) is 19.8. The van der Waals surface area contributed by atoms with Crippen molar-refractivity contribution in [2.24, 2.45) is 0 Å². The van der Waals surface area contributed by atoms with Crippen LogP contribution in [0.15, 0.2) is 47.8 Å². The number of hydrogen-bond donors (Lipinski definition) is 1. The number of fused-ring (bicyclic) bond motifs is 1. The Balaban J connectivity index is 1.72. The van der Waals surface area contributed by atoms with Crippen molar-refractivity contribution < 1.29 is 14.3 Å². The predicted molar refractivity (Wildman–Crippen MR) is 130 cm³/mol. The van der Waals surface area contributed by atoms with Gasteiger partial charge in [-0.3, -0.25) is 4.79 Å². The average molecular weight is 490 g/mol. The van der Waals surface area contributed by atoms with E-state index in [0.717, 1.165) is 21.2 Å². The standard InChI is InChI=1S/C23H17Cl2NO3S2/c1-3-29-23(28)18-16(13-6-4-12(2)5-7-13)11-30-22(18)26-21(27)20-19(25)15-9-8-14(24)10-17(15)31-20/h4-11H,3H2,1-2H3,(H,26,27). The highest BCUT2D eigenvalue weighted by atomic mass is 35.5. The molecular weight excluding hydrogens is 473 g/mol. The van der Waals surface area contributed by atoms with Gasteiger partial charge in [-0.05, 0) is 31.5 Å². The number of halogens is 2. The molecule has 0 saturated heterocycles. The number of carbonyl (C=O) groups excluding carboxylic acids is 2. The summed E-state index contributed by atoms with van der Waals surface area (Å²) in [5.41, 5.74) is 3.04. The Bertz CT molecular complexity index is 1290. The number of carbonyl (C=O) groups is 2. The molecule has 2 aromatic carbocycles. The molecule has 2 heterocycles. The van der Waals surface area contributed by atoms with Crippen LogP contribution < -0.4 is 5.32 Å². The Morgan fingerprint density at radius 3 is 2.55 bits per heavy atom. The predicted octanol–water partition coefficient (Wildman–Crippen LogP) is 7.67. The molecule has 0 spiro atoms. The van der Waals surface area contributed by atoms with Crippen LogP contribution in [0.1, 0.15) is 32.5 Å². The van der Waals surface area contributed by atoms with Crippen molar-refractivity contribution >= 4 is 72.8 Å². The summed E-state index contributed by atoms with van der Waals surface area (Å²) >= 11 is 15.0. The third kappa shape index (κ3) is 4.34. The maximum Gasteiger partial charge on any atom is 0.341 e. The lowest BCUT2D eigenvalue weighted by atomic mass is 10.0. The largest absolute Gasteiger partial charge is 0.462 e. The number of hydrogen-bond acceptors (Lipinski definition) is 5. The van der Waals surface area contributed by atoms with Gasteiger partial charge in [-0.15, -0.1) is 22.7 Å². The van der Waals surface area contributed by atoms with Crippen molar-refractivity contribution in [1.82, 2.24) is 0 Å². The summed E-state index contributed by atoms with van der Waals surface area (Å²) in [6.45, 7) is 3.98. The molecule has 0 saturated carbocycles. The van der Waals surface area contributed by atoms with Gasteiger partial charge >= 0.3 is 5.97 Å². The molecule has 0 aliphatic carbocycles. The van der Waals surface area contributed by atoms with Gasteiger partial charge in [0.1, 0.15) is 15.4 Å². The van der Waals surface area contributed by atoms with Gasteiger partial charge in [-0.2, -0.15) is 0 Å². The Morgan fingerprint density at radius 2 is 1.84 bits per heavy atom. The molecule has 0 atom stereocenters. The average Bonchev–Trinajstić information content (AvgIpc) is 3.29. The molecule has 31 heavy (non-hydrogen) atoms. The van der Waals surface area contributed by atoms with Gasteiger partial charge < -0.3 is 10.1 Å². The third-order valence-electron chi connectivity index (χ3n) is 4.66. The molecule has 0 bridgehead atoms. The van der Waals surface area contributed by atoms with Crippen molar-refractivity contribution in [2.45, 2.75) is 13.8 Å². The molecule has 0 unspecified atom stereocenters. The molecule has 4 rings (SSSR count). The van der Waals surface area contributed by atoms with Gasteiger partial charge in [0.25, 0.3) is 5.91 Å². The summed E-state index contributed by atoms with van der Waals surface area (Å²) in [4.78, 5) is 26.2. The summed E-state index contributed by atoms with van der Waals surface area (Å²) in [6, 6.07) is 13.1. The van der Waals surface area contributed by atoms with Crippen molar-refractivity contribution in [3.63, 3.8) is 0 Å². The Hall–Kier alpha value is -2.38. The summed E-state index contributed by atoms with van der Waals surface area (Å²) in [5.74, 6) is -0.867. The summed E-state index contributed by atoms with van der Waals surface area (Å²) in [6.07, 6.45) is 0. The molecule has 0 aliphatic heterocycles. The first-order valence-electron chi connectivity index (χ1n) is 9.43. The first-order chi connectivity index (χ1) is 14.9. The van der Waals surface area contributed by atoms with E-state index in [1.54, 1.807) is 25.1 Å². The van der Waals surface area contributed by atoms with Crippen LogP contribution in [0.3, 0.4) is 0 Å². The van der Waals surface area contributed by atoms with Gasteiger partial charge in [0, 0.05) is 26.1 Å². The Labute approximate surface area is 197 Å². The van der Waals surface area contributed by atoms with E-state index in [9.17, 15) is 9.59 Å². The number of thiophene rings is 2. The molecule has 158 valence electrons. The minimum atomic E-state index is -0.483. The van der Waals surface area contributed by atoms with Gasteiger partial charge in [0.05, 0.1) is 11.6 Å². The van der Waals surface area contributed by atoms with Crippen molar-refractivity contribution in [3.05, 3.63) is 73.9 Å². The van der Waals surface area contributed by atoms with Gasteiger partial charge in [-0.1, -0.05) is 59.1 Å². The van der Waals surface area contributed by atoms with Gasteiger partial charge in [0.2, 0.25) is 0 Å². The van der Waals surface area contributed by atoms with E-state index in [1.165, 1.54) is 22.7 Å². The number of nitrogens with one attached hydrogen (secondary N) is 1. The Kier molecular flexibility index (Phi) is 6.34. The number of ether oxygens (including phenoxy) is 1. The normalized spacial score (nSPS) is 11.0. The quantitative estimate of drug-likeness (QED) is 0.292. The van der Waals surface area contributed by atoms with Crippen LogP contribution in [-0.2, 0) is 4.74 Å². The lowest BCUT2D eigenvalue weighted by molar-refractivity contribution is 0.0529. The first kappa shape index (κ1) is 21.8. The number of esters is 1. The van der Waals surface area contributed by atoms with Crippen LogP contribution in [0, 0.1) is 6.92 Å². The molecule has 4 nitrogen and oxygen atoms in total. The smallest absolute Gasteiger partial charge is 0.341 e. The maximum absolute atomic E-state index is 13.0. The molecule has 2 aromatic heterocycles. The molecule has 1 N–H and O–H groups in total. The molecule has 4 aromatic rings. The number of aryl methyl sites for hydroxylation is 1. The van der Waals surface area contributed by atoms with Gasteiger partial charge in [0.15, 0.2) is 0 Å². The summed E-state index contributed by atoms with van der Waals surface area (Å²) in [5, 5.41) is 6.82. The number of benzene rings is 2. The molecule has 0 radical (unpaired) electrons. The lowest BCUT2D eigenvalue weighted by Gasteiger charge is -2.09. The van der Waals surface area contributed by atoms with Crippen LogP contribution >= 0.6 is 45.9 Å². The van der Waals surface area contributed by atoms with E-state index in [-0.39, 0.29) is 12.5 Å². The molecule has 0 fully saturated rings. The fourth-order valence-electron chi connectivity index (χ4n) is 3.15. The highest BCUT2D eigenvalue weighted by Gasteiger charge is 2.25. The topological polar surface area (TPSA) is 55.4 Å². The van der Waals surface area contributed by atoms with Crippen LogP contribution in [-0.4, -0.2) is 18.5 Å². The van der Waals surface area contributed by atoms with Crippen molar-refractivity contribution in [3.8, 4) is 11.1 Å². The fourth-order valence-corrected chi connectivity index (χ4v) is 5.79. The highest BCUT2D eigenvalue weighted by molar-refractivity contribution is 7.22. The Morgan fingerprint density at radius 1 is 1.10 bits per heavy atom. The number of amides is 1. The minimum absolute atomic E-state index is 0.234. The summed E-state index contributed by atoms with van der Waals surface area (Å²) in [7, 11) is 0. The molecular formula is C23H17Cl2NO3S2. The fraction of sp³-hybridized carbons (Fsp3) is 0.130. The number of rotatable bonds is 5. The number of anilines is 1. The van der Waals surface area contributed by atoms with E-state index in [2.05, 4.69) is 5.32 Å². The summed E-state index contributed by atoms with van der Waals surface area (Å²) < 4.78 is 6.08. The van der Waals surface area contributed by atoms with E-state index in [1.807, 2.05) is 36.6 Å². The van der Waals surface area contributed by atoms with Crippen LogP contribution in [0.2, 0.25) is 10.0 Å². The minimum Gasteiger partial charge on any atom is -0.462 e.